The number of furan rings is 1. The molecule has 2 heteroatoms. The van der Waals surface area contributed by atoms with Crippen molar-refractivity contribution in [3.8, 4) is 0 Å². The van der Waals surface area contributed by atoms with Crippen LogP contribution in [0, 0.1) is 17.3 Å². The van der Waals surface area contributed by atoms with Gasteiger partial charge in [0.15, 0.2) is 0 Å². The molecule has 0 aliphatic heterocycles. The number of hydrogen-bond acceptors (Lipinski definition) is 2. The first kappa shape index (κ1) is 15.6. The Morgan fingerprint density at radius 3 is 2.70 bits per heavy atom. The summed E-state index contributed by atoms with van der Waals surface area (Å²) < 4.78 is 5.58. The van der Waals surface area contributed by atoms with Gasteiger partial charge in [-0.05, 0) is 61.6 Å². The molecule has 0 amide bonds. The van der Waals surface area contributed by atoms with Crippen molar-refractivity contribution >= 4 is 0 Å². The topological polar surface area (TPSA) is 25.2 Å². The molecule has 1 saturated carbocycles. The fourth-order valence-corrected chi connectivity index (χ4v) is 3.56. The quantitative estimate of drug-likeness (QED) is 0.847. The van der Waals surface area contributed by atoms with Gasteiger partial charge in [0.05, 0.1) is 6.26 Å². The van der Waals surface area contributed by atoms with Crippen molar-refractivity contribution in [2.24, 2.45) is 17.3 Å². The average molecular weight is 277 g/mol. The lowest BCUT2D eigenvalue weighted by atomic mass is 9.66. The highest BCUT2D eigenvalue weighted by Gasteiger charge is 2.35. The van der Waals surface area contributed by atoms with Gasteiger partial charge in [0.2, 0.25) is 0 Å². The Balaban J connectivity index is 2.02. The minimum atomic E-state index is 0.428. The van der Waals surface area contributed by atoms with Gasteiger partial charge in [-0.2, -0.15) is 0 Å². The van der Waals surface area contributed by atoms with Crippen LogP contribution in [0.25, 0.3) is 0 Å². The molecule has 3 unspecified atom stereocenters. The highest BCUT2D eigenvalue weighted by molar-refractivity contribution is 5.02. The van der Waals surface area contributed by atoms with E-state index in [1.807, 2.05) is 6.07 Å². The summed E-state index contributed by atoms with van der Waals surface area (Å²) in [7, 11) is 0. The summed E-state index contributed by atoms with van der Waals surface area (Å²) in [5.41, 5.74) is 0.428. The van der Waals surface area contributed by atoms with Crippen LogP contribution in [-0.2, 0) is 6.42 Å². The van der Waals surface area contributed by atoms with Gasteiger partial charge in [-0.15, -0.1) is 0 Å². The highest BCUT2D eigenvalue weighted by Crippen LogP contribution is 2.41. The summed E-state index contributed by atoms with van der Waals surface area (Å²) in [6.07, 6.45) is 8.10. The molecule has 0 aromatic carbocycles. The van der Waals surface area contributed by atoms with Crippen LogP contribution in [0.1, 0.15) is 59.1 Å². The van der Waals surface area contributed by atoms with Crippen LogP contribution in [-0.4, -0.2) is 12.6 Å². The number of rotatable bonds is 5. The molecular formula is C18H31NO. The third-order valence-corrected chi connectivity index (χ3v) is 4.91. The lowest BCUT2D eigenvalue weighted by Gasteiger charge is -2.42. The second kappa shape index (κ2) is 6.80. The largest absolute Gasteiger partial charge is 0.469 e. The smallest absolute Gasteiger partial charge is 0.104 e. The minimum Gasteiger partial charge on any atom is -0.469 e. The molecule has 0 bridgehead atoms. The van der Waals surface area contributed by atoms with E-state index in [-0.39, 0.29) is 0 Å². The maximum atomic E-state index is 5.58. The van der Waals surface area contributed by atoms with Crippen LogP contribution in [0.5, 0.6) is 0 Å². The molecule has 1 fully saturated rings. The van der Waals surface area contributed by atoms with Gasteiger partial charge in [-0.1, -0.05) is 27.7 Å². The zero-order valence-electron chi connectivity index (χ0n) is 13.6. The standard InChI is InChI=1S/C18H31NO/c1-5-10-19-17-9-8-15(18(2,3)4)12-14(17)13-16-7-6-11-20-16/h6-7,11,14-15,17,19H,5,8-10,12-13H2,1-4H3. The molecule has 1 aromatic rings. The van der Waals surface area contributed by atoms with Gasteiger partial charge < -0.3 is 9.73 Å². The molecule has 2 rings (SSSR count). The SMILES string of the molecule is CCCNC1CCC(C(C)(C)C)CC1Cc1ccco1. The van der Waals surface area contributed by atoms with Crippen molar-refractivity contribution in [2.45, 2.75) is 65.8 Å². The van der Waals surface area contributed by atoms with Gasteiger partial charge >= 0.3 is 0 Å². The summed E-state index contributed by atoms with van der Waals surface area (Å²) in [6, 6.07) is 4.80. The van der Waals surface area contributed by atoms with Crippen molar-refractivity contribution in [2.75, 3.05) is 6.54 Å². The second-order valence-corrected chi connectivity index (χ2v) is 7.48. The Hall–Kier alpha value is -0.760. The van der Waals surface area contributed by atoms with Gasteiger partial charge in [0, 0.05) is 12.5 Å². The molecule has 1 N–H and O–H groups in total. The van der Waals surface area contributed by atoms with Gasteiger partial charge in [0.1, 0.15) is 5.76 Å². The summed E-state index contributed by atoms with van der Waals surface area (Å²) >= 11 is 0. The van der Waals surface area contributed by atoms with Crippen LogP contribution in [0.15, 0.2) is 22.8 Å². The summed E-state index contributed by atoms with van der Waals surface area (Å²) in [6.45, 7) is 10.6. The zero-order chi connectivity index (χ0) is 14.6. The van der Waals surface area contributed by atoms with Gasteiger partial charge in [-0.25, -0.2) is 0 Å². The van der Waals surface area contributed by atoms with Crippen molar-refractivity contribution in [3.05, 3.63) is 24.2 Å². The molecule has 1 heterocycles. The van der Waals surface area contributed by atoms with Crippen LogP contribution in [0.2, 0.25) is 0 Å². The molecule has 0 spiro atoms. The molecule has 0 radical (unpaired) electrons. The van der Waals surface area contributed by atoms with Crippen LogP contribution in [0.4, 0.5) is 0 Å². The van der Waals surface area contributed by atoms with Crippen molar-refractivity contribution in [1.29, 1.82) is 0 Å². The van der Waals surface area contributed by atoms with E-state index in [2.05, 4.69) is 39.1 Å². The number of nitrogens with one attached hydrogen (secondary N) is 1. The first-order valence-corrected chi connectivity index (χ1v) is 8.26. The first-order chi connectivity index (χ1) is 9.50. The Morgan fingerprint density at radius 1 is 1.30 bits per heavy atom. The van der Waals surface area contributed by atoms with E-state index < -0.39 is 0 Å². The first-order valence-electron chi connectivity index (χ1n) is 8.26. The van der Waals surface area contributed by atoms with Gasteiger partial charge in [-0.3, -0.25) is 0 Å². The lowest BCUT2D eigenvalue weighted by Crippen LogP contribution is -2.44. The number of hydrogen-bond donors (Lipinski definition) is 1. The van der Waals surface area contributed by atoms with E-state index >= 15 is 0 Å². The van der Waals surface area contributed by atoms with E-state index in [1.54, 1.807) is 6.26 Å². The van der Waals surface area contributed by atoms with E-state index in [1.165, 1.54) is 25.7 Å². The Labute approximate surface area is 124 Å². The van der Waals surface area contributed by atoms with Crippen LogP contribution < -0.4 is 5.32 Å². The molecule has 20 heavy (non-hydrogen) atoms. The van der Waals surface area contributed by atoms with E-state index in [4.69, 9.17) is 4.42 Å². The molecule has 2 nitrogen and oxygen atoms in total. The molecular weight excluding hydrogens is 246 g/mol. The zero-order valence-corrected chi connectivity index (χ0v) is 13.6. The van der Waals surface area contributed by atoms with Gasteiger partial charge in [0.25, 0.3) is 0 Å². The molecule has 114 valence electrons. The Bertz CT molecular complexity index is 377. The van der Waals surface area contributed by atoms with Crippen molar-refractivity contribution < 1.29 is 4.42 Å². The normalized spacial score (nSPS) is 27.7. The molecule has 1 aromatic heterocycles. The third-order valence-electron chi connectivity index (χ3n) is 4.91. The molecule has 0 saturated heterocycles. The monoisotopic (exact) mass is 277 g/mol. The minimum absolute atomic E-state index is 0.428. The van der Waals surface area contributed by atoms with Crippen LogP contribution >= 0.6 is 0 Å². The summed E-state index contributed by atoms with van der Waals surface area (Å²) in [5, 5.41) is 3.76. The Morgan fingerprint density at radius 2 is 2.10 bits per heavy atom. The summed E-state index contributed by atoms with van der Waals surface area (Å²) in [4.78, 5) is 0. The Kier molecular flexibility index (Phi) is 5.31. The van der Waals surface area contributed by atoms with E-state index in [0.29, 0.717) is 17.4 Å². The predicted octanol–water partition coefficient (Wildman–Crippen LogP) is 4.65. The van der Waals surface area contributed by atoms with Crippen molar-refractivity contribution in [3.63, 3.8) is 0 Å². The molecule has 1 aliphatic rings. The van der Waals surface area contributed by atoms with Crippen molar-refractivity contribution in [1.82, 2.24) is 5.32 Å². The fourth-order valence-electron chi connectivity index (χ4n) is 3.56. The summed E-state index contributed by atoms with van der Waals surface area (Å²) in [5.74, 6) is 2.70. The predicted molar refractivity (Wildman–Crippen MR) is 84.8 cm³/mol. The van der Waals surface area contributed by atoms with E-state index in [0.717, 1.165) is 24.6 Å². The second-order valence-electron chi connectivity index (χ2n) is 7.48. The van der Waals surface area contributed by atoms with E-state index in [9.17, 15) is 0 Å². The fraction of sp³-hybridized carbons (Fsp3) is 0.778. The van der Waals surface area contributed by atoms with Crippen LogP contribution in [0.3, 0.4) is 0 Å². The third kappa shape index (κ3) is 4.12. The molecule has 1 aliphatic carbocycles. The molecule has 3 atom stereocenters. The lowest BCUT2D eigenvalue weighted by molar-refractivity contribution is 0.111. The maximum Gasteiger partial charge on any atom is 0.104 e. The highest BCUT2D eigenvalue weighted by atomic mass is 16.3. The maximum absolute atomic E-state index is 5.58. The average Bonchev–Trinajstić information content (AvgIpc) is 2.89.